The van der Waals surface area contributed by atoms with Crippen molar-refractivity contribution in [1.82, 2.24) is 15.5 Å². The topological polar surface area (TPSA) is 60.2 Å². The summed E-state index contributed by atoms with van der Waals surface area (Å²) >= 11 is 0. The molecule has 5 nitrogen and oxygen atoms in total. The van der Waals surface area contributed by atoms with Gasteiger partial charge in [0.2, 0.25) is 0 Å². The number of hydrogen-bond acceptors (Lipinski definition) is 5. The number of ether oxygens (including phenoxy) is 1. The number of nitrogens with zero attached hydrogens (tertiary/aromatic N) is 2. The summed E-state index contributed by atoms with van der Waals surface area (Å²) in [5.74, 6) is 1.78. The Morgan fingerprint density at radius 2 is 2.50 bits per heavy atom. The van der Waals surface area contributed by atoms with E-state index in [1.807, 2.05) is 0 Å². The molecule has 0 aromatic carbocycles. The lowest BCUT2D eigenvalue weighted by molar-refractivity contribution is 0.151. The average molecular weight is 169 g/mol. The first-order valence-electron chi connectivity index (χ1n) is 3.92. The van der Waals surface area contributed by atoms with Gasteiger partial charge in [0.05, 0.1) is 0 Å². The zero-order valence-corrected chi connectivity index (χ0v) is 6.91. The molecule has 1 aromatic rings. The molecule has 1 aliphatic heterocycles. The first kappa shape index (κ1) is 7.70. The Balaban J connectivity index is 2.02. The van der Waals surface area contributed by atoms with Crippen molar-refractivity contribution < 1.29 is 9.26 Å². The van der Waals surface area contributed by atoms with Crippen LogP contribution < -0.4 is 5.32 Å². The smallest absolute Gasteiger partial charge is 0.252 e. The predicted molar refractivity (Wildman–Crippen MR) is 40.6 cm³/mol. The summed E-state index contributed by atoms with van der Waals surface area (Å²) in [6.07, 6.45) is 0. The fourth-order valence-electron chi connectivity index (χ4n) is 1.09. The van der Waals surface area contributed by atoms with E-state index in [4.69, 9.17) is 9.26 Å². The van der Waals surface area contributed by atoms with E-state index in [9.17, 15) is 0 Å². The normalized spacial score (nSPS) is 17.8. The van der Waals surface area contributed by atoms with Gasteiger partial charge in [0.25, 0.3) is 5.89 Å². The molecule has 2 heterocycles. The molecule has 1 saturated heterocycles. The Kier molecular flexibility index (Phi) is 2.05. The first-order chi connectivity index (χ1) is 5.90. The van der Waals surface area contributed by atoms with Crippen molar-refractivity contribution in [2.24, 2.45) is 0 Å². The van der Waals surface area contributed by atoms with Gasteiger partial charge in [-0.1, -0.05) is 5.16 Å². The number of nitrogens with one attached hydrogen (secondary N) is 1. The zero-order chi connectivity index (χ0) is 8.39. The molecular weight excluding hydrogens is 158 g/mol. The summed E-state index contributed by atoms with van der Waals surface area (Å²) in [5, 5.41) is 7.00. The highest BCUT2D eigenvalue weighted by Crippen LogP contribution is 2.15. The van der Waals surface area contributed by atoms with Crippen LogP contribution >= 0.6 is 0 Å². The maximum atomic E-state index is 4.95. The third kappa shape index (κ3) is 1.33. The second kappa shape index (κ2) is 3.20. The molecule has 66 valence electrons. The van der Waals surface area contributed by atoms with Gasteiger partial charge in [-0.3, -0.25) is 0 Å². The minimum atomic E-state index is 0.396. The summed E-state index contributed by atoms with van der Waals surface area (Å²) in [5.41, 5.74) is 0. The van der Waals surface area contributed by atoms with Crippen LogP contribution in [0.15, 0.2) is 4.52 Å². The van der Waals surface area contributed by atoms with Crippen LogP contribution in [0.1, 0.15) is 17.6 Å². The molecule has 0 spiro atoms. The van der Waals surface area contributed by atoms with Crippen LogP contribution in [-0.4, -0.2) is 30.3 Å². The maximum absolute atomic E-state index is 4.95. The lowest BCUT2D eigenvalue weighted by Gasteiger charge is -2.23. The van der Waals surface area contributed by atoms with E-state index in [2.05, 4.69) is 15.5 Å². The largest absolute Gasteiger partial charge is 0.375 e. The van der Waals surface area contributed by atoms with Crippen LogP contribution in [0.5, 0.6) is 0 Å². The van der Waals surface area contributed by atoms with E-state index in [1.54, 1.807) is 7.11 Å². The fourth-order valence-corrected chi connectivity index (χ4v) is 1.09. The quantitative estimate of drug-likeness (QED) is 0.684. The van der Waals surface area contributed by atoms with Crippen molar-refractivity contribution in [3.63, 3.8) is 0 Å². The van der Waals surface area contributed by atoms with Gasteiger partial charge < -0.3 is 14.6 Å². The second-order valence-corrected chi connectivity index (χ2v) is 2.83. The van der Waals surface area contributed by atoms with E-state index >= 15 is 0 Å². The summed E-state index contributed by atoms with van der Waals surface area (Å²) < 4.78 is 9.81. The molecule has 0 bridgehead atoms. The van der Waals surface area contributed by atoms with Crippen molar-refractivity contribution in [1.29, 1.82) is 0 Å². The highest BCUT2D eigenvalue weighted by atomic mass is 16.5. The molecule has 0 aliphatic carbocycles. The molecule has 12 heavy (non-hydrogen) atoms. The van der Waals surface area contributed by atoms with Crippen molar-refractivity contribution in [3.05, 3.63) is 11.7 Å². The molecule has 1 N–H and O–H groups in total. The average Bonchev–Trinajstić information content (AvgIpc) is 2.34. The Bertz CT molecular complexity index is 257. The van der Waals surface area contributed by atoms with E-state index in [0.29, 0.717) is 18.4 Å². The van der Waals surface area contributed by atoms with Gasteiger partial charge in [-0.15, -0.1) is 0 Å². The van der Waals surface area contributed by atoms with Crippen molar-refractivity contribution >= 4 is 0 Å². The molecule has 1 aromatic heterocycles. The first-order valence-corrected chi connectivity index (χ1v) is 3.92. The molecule has 0 unspecified atom stereocenters. The summed E-state index contributed by atoms with van der Waals surface area (Å²) in [7, 11) is 1.61. The highest BCUT2D eigenvalue weighted by molar-refractivity contribution is 5.01. The standard InChI is InChI=1S/C7H11N3O2/c1-11-4-6-9-7(10-12-6)5-2-8-3-5/h5,8H,2-4H2,1H3. The van der Waals surface area contributed by atoms with Crippen molar-refractivity contribution in [2.45, 2.75) is 12.5 Å². The highest BCUT2D eigenvalue weighted by Gasteiger charge is 2.23. The third-order valence-corrected chi connectivity index (χ3v) is 1.90. The van der Waals surface area contributed by atoms with Gasteiger partial charge in [0, 0.05) is 26.1 Å². The van der Waals surface area contributed by atoms with Gasteiger partial charge in [-0.2, -0.15) is 4.98 Å². The maximum Gasteiger partial charge on any atom is 0.252 e. The number of hydrogen-bond donors (Lipinski definition) is 1. The van der Waals surface area contributed by atoms with Gasteiger partial charge in [0.1, 0.15) is 6.61 Å². The van der Waals surface area contributed by atoms with E-state index < -0.39 is 0 Å². The number of methoxy groups -OCH3 is 1. The Morgan fingerprint density at radius 3 is 3.08 bits per heavy atom. The van der Waals surface area contributed by atoms with E-state index in [1.165, 1.54) is 0 Å². The van der Waals surface area contributed by atoms with Gasteiger partial charge in [-0.05, 0) is 0 Å². The summed E-state index contributed by atoms with van der Waals surface area (Å²) in [6.45, 7) is 2.30. The molecule has 0 amide bonds. The van der Waals surface area contributed by atoms with Gasteiger partial charge >= 0.3 is 0 Å². The van der Waals surface area contributed by atoms with E-state index in [-0.39, 0.29) is 0 Å². The molecule has 0 saturated carbocycles. The third-order valence-electron chi connectivity index (χ3n) is 1.90. The zero-order valence-electron chi connectivity index (χ0n) is 6.91. The molecule has 2 rings (SSSR count). The lowest BCUT2D eigenvalue weighted by Crippen LogP contribution is -2.40. The second-order valence-electron chi connectivity index (χ2n) is 2.83. The predicted octanol–water partition coefficient (Wildman–Crippen LogP) is -0.0972. The summed E-state index contributed by atoms with van der Waals surface area (Å²) in [6, 6.07) is 0. The SMILES string of the molecule is COCc1nc(C2CNC2)no1. The van der Waals surface area contributed by atoms with Crippen LogP contribution in [-0.2, 0) is 11.3 Å². The fraction of sp³-hybridized carbons (Fsp3) is 0.714. The molecule has 1 fully saturated rings. The molecular formula is C7H11N3O2. The molecule has 0 radical (unpaired) electrons. The minimum absolute atomic E-state index is 0.396. The van der Waals surface area contributed by atoms with Crippen LogP contribution in [0.4, 0.5) is 0 Å². The van der Waals surface area contributed by atoms with Crippen molar-refractivity contribution in [3.8, 4) is 0 Å². The number of aromatic nitrogens is 2. The summed E-state index contributed by atoms with van der Waals surface area (Å²) in [4.78, 5) is 4.18. The van der Waals surface area contributed by atoms with Gasteiger partial charge in [0.15, 0.2) is 5.82 Å². The van der Waals surface area contributed by atoms with E-state index in [0.717, 1.165) is 18.9 Å². The minimum Gasteiger partial charge on any atom is -0.375 e. The monoisotopic (exact) mass is 169 g/mol. The Morgan fingerprint density at radius 1 is 1.67 bits per heavy atom. The van der Waals surface area contributed by atoms with Gasteiger partial charge in [-0.25, -0.2) is 0 Å². The van der Waals surface area contributed by atoms with Crippen LogP contribution in [0.25, 0.3) is 0 Å². The van der Waals surface area contributed by atoms with Crippen LogP contribution in [0, 0.1) is 0 Å². The Hall–Kier alpha value is -0.940. The Labute approximate surface area is 70.1 Å². The molecule has 5 heteroatoms. The van der Waals surface area contributed by atoms with Crippen molar-refractivity contribution in [2.75, 3.05) is 20.2 Å². The molecule has 0 atom stereocenters. The molecule has 1 aliphatic rings. The number of rotatable bonds is 3. The lowest BCUT2D eigenvalue weighted by atomic mass is 10.0. The van der Waals surface area contributed by atoms with Crippen LogP contribution in [0.3, 0.4) is 0 Å². The van der Waals surface area contributed by atoms with Crippen LogP contribution in [0.2, 0.25) is 0 Å².